The fourth-order valence-electron chi connectivity index (χ4n) is 4.23. The second-order valence-corrected chi connectivity index (χ2v) is 6.64. The van der Waals surface area contributed by atoms with Gasteiger partial charge in [-0.1, -0.05) is 13.0 Å². The number of aromatic amines is 1. The Balaban J connectivity index is 1.79. The first-order chi connectivity index (χ1) is 11.2. The molecule has 2 atom stereocenters. The highest BCUT2D eigenvalue weighted by Crippen LogP contribution is 2.51. The van der Waals surface area contributed by atoms with Gasteiger partial charge in [0.15, 0.2) is 0 Å². The molecule has 0 saturated heterocycles. The maximum absolute atomic E-state index is 12.2. The minimum Gasteiger partial charge on any atom is -0.423 e. The Bertz CT molecular complexity index is 968. The number of ketones is 1. The van der Waals surface area contributed by atoms with E-state index in [1.54, 1.807) is 0 Å². The first-order valence-electron chi connectivity index (χ1n) is 7.80. The summed E-state index contributed by atoms with van der Waals surface area (Å²) in [5, 5.41) is 8.88. The van der Waals surface area contributed by atoms with Crippen molar-refractivity contribution >= 4 is 22.8 Å². The number of nitrogens with zero attached hydrogens (tertiary/aromatic N) is 2. The molecule has 2 heterocycles. The van der Waals surface area contributed by atoms with E-state index in [2.05, 4.69) is 40.3 Å². The predicted molar refractivity (Wildman–Crippen MR) is 85.7 cm³/mol. The van der Waals surface area contributed by atoms with Gasteiger partial charge in [-0.3, -0.25) is 4.79 Å². The fraction of sp³-hybridized carbons (Fsp3) is 0.278. The molecule has 0 bridgehead atoms. The number of H-pyrrole nitrogens is 1. The molecule has 1 aromatic carbocycles. The van der Waals surface area contributed by atoms with Gasteiger partial charge in [0, 0.05) is 39.9 Å². The summed E-state index contributed by atoms with van der Waals surface area (Å²) >= 11 is 0. The van der Waals surface area contributed by atoms with E-state index in [1.807, 2.05) is 12.1 Å². The van der Waals surface area contributed by atoms with Crippen molar-refractivity contribution in [2.75, 3.05) is 0 Å². The number of nitrogens with one attached hydrogen (secondary N) is 1. The number of hydrogen-bond donors (Lipinski definition) is 1. The zero-order valence-electron chi connectivity index (χ0n) is 12.7. The van der Waals surface area contributed by atoms with E-state index in [-0.39, 0.29) is 11.3 Å². The van der Waals surface area contributed by atoms with E-state index < -0.39 is 0 Å². The molecule has 2 unspecified atom stereocenters. The molecule has 0 radical (unpaired) electrons. The van der Waals surface area contributed by atoms with Gasteiger partial charge in [-0.15, -0.1) is 10.2 Å². The Labute approximate surface area is 132 Å². The second-order valence-electron chi connectivity index (χ2n) is 6.64. The van der Waals surface area contributed by atoms with Gasteiger partial charge in [0.05, 0.1) is 0 Å². The normalized spacial score (nSPS) is 25.8. The van der Waals surface area contributed by atoms with E-state index in [1.165, 1.54) is 12.0 Å². The van der Waals surface area contributed by atoms with Crippen LogP contribution in [-0.2, 0) is 10.2 Å². The SMILES string of the molecule is CC12CCC(=O)C1C=Cc1[nH]c3ccc(-c4nnco4)cc3c12. The van der Waals surface area contributed by atoms with Crippen LogP contribution in [-0.4, -0.2) is 21.0 Å². The number of carbonyl (C=O) groups excluding carboxylic acids is 1. The van der Waals surface area contributed by atoms with Crippen LogP contribution in [0.25, 0.3) is 28.4 Å². The fourth-order valence-corrected chi connectivity index (χ4v) is 4.23. The molecule has 0 amide bonds. The maximum atomic E-state index is 12.2. The predicted octanol–water partition coefficient (Wildman–Crippen LogP) is 3.48. The molecule has 1 fully saturated rings. The lowest BCUT2D eigenvalue weighted by atomic mass is 9.70. The van der Waals surface area contributed by atoms with E-state index in [0.29, 0.717) is 18.1 Å². The van der Waals surface area contributed by atoms with Gasteiger partial charge in [0.2, 0.25) is 12.3 Å². The van der Waals surface area contributed by atoms with Crippen LogP contribution in [0.2, 0.25) is 0 Å². The summed E-state index contributed by atoms with van der Waals surface area (Å²) < 4.78 is 5.32. The molecule has 2 aliphatic rings. The summed E-state index contributed by atoms with van der Waals surface area (Å²) in [5.74, 6) is 0.843. The van der Waals surface area contributed by atoms with Crippen molar-refractivity contribution in [2.45, 2.75) is 25.2 Å². The van der Waals surface area contributed by atoms with E-state index >= 15 is 0 Å². The van der Waals surface area contributed by atoms with Gasteiger partial charge >= 0.3 is 0 Å². The Hall–Kier alpha value is -2.69. The van der Waals surface area contributed by atoms with Crippen LogP contribution in [0.4, 0.5) is 0 Å². The Morgan fingerprint density at radius 2 is 2.30 bits per heavy atom. The van der Waals surface area contributed by atoms with Gasteiger partial charge in [-0.2, -0.15) is 0 Å². The highest BCUT2D eigenvalue weighted by Gasteiger charge is 2.48. The second kappa shape index (κ2) is 4.19. The molecule has 5 nitrogen and oxygen atoms in total. The van der Waals surface area contributed by atoms with Crippen LogP contribution in [0.5, 0.6) is 0 Å². The lowest BCUT2D eigenvalue weighted by Gasteiger charge is -2.32. The average Bonchev–Trinajstić information content (AvgIpc) is 3.24. The first-order valence-corrected chi connectivity index (χ1v) is 7.80. The van der Waals surface area contributed by atoms with Crippen molar-refractivity contribution in [3.8, 4) is 11.5 Å². The molecule has 3 aromatic rings. The topological polar surface area (TPSA) is 71.8 Å². The smallest absolute Gasteiger partial charge is 0.247 e. The third-order valence-electron chi connectivity index (χ3n) is 5.39. The number of fused-ring (bicyclic) bond motifs is 5. The number of benzene rings is 1. The minimum atomic E-state index is -0.132. The van der Waals surface area contributed by atoms with Crippen LogP contribution in [0, 0.1) is 5.92 Å². The number of hydrogen-bond acceptors (Lipinski definition) is 4. The van der Waals surface area contributed by atoms with Crippen LogP contribution in [0.3, 0.4) is 0 Å². The third-order valence-corrected chi connectivity index (χ3v) is 5.39. The lowest BCUT2D eigenvalue weighted by molar-refractivity contribution is -0.120. The highest BCUT2D eigenvalue weighted by atomic mass is 16.4. The minimum absolute atomic E-state index is 0.0129. The number of rotatable bonds is 1. The quantitative estimate of drug-likeness (QED) is 0.747. The van der Waals surface area contributed by atoms with Gasteiger partial charge in [-0.05, 0) is 36.3 Å². The highest BCUT2D eigenvalue weighted by molar-refractivity contribution is 5.96. The van der Waals surface area contributed by atoms with Gasteiger partial charge in [0.25, 0.3) is 0 Å². The maximum Gasteiger partial charge on any atom is 0.247 e. The lowest BCUT2D eigenvalue weighted by Crippen LogP contribution is -2.31. The van der Waals surface area contributed by atoms with Crippen molar-refractivity contribution in [1.82, 2.24) is 15.2 Å². The largest absolute Gasteiger partial charge is 0.423 e. The Morgan fingerprint density at radius 3 is 3.13 bits per heavy atom. The zero-order valence-corrected chi connectivity index (χ0v) is 12.7. The van der Waals surface area contributed by atoms with Gasteiger partial charge < -0.3 is 9.40 Å². The summed E-state index contributed by atoms with van der Waals surface area (Å²) in [4.78, 5) is 15.7. The summed E-state index contributed by atoms with van der Waals surface area (Å²) in [6, 6.07) is 6.10. The molecular formula is C18H15N3O2. The molecule has 2 aromatic heterocycles. The van der Waals surface area contributed by atoms with Crippen molar-refractivity contribution < 1.29 is 9.21 Å². The molecule has 0 aliphatic heterocycles. The van der Waals surface area contributed by atoms with Crippen LogP contribution >= 0.6 is 0 Å². The number of aromatic nitrogens is 3. The van der Waals surface area contributed by atoms with E-state index in [4.69, 9.17) is 4.42 Å². The van der Waals surface area contributed by atoms with Crippen molar-refractivity contribution in [3.05, 3.63) is 41.9 Å². The number of Topliss-reactive ketones (excluding diaryl/α,β-unsaturated/α-hetero) is 1. The molecule has 5 rings (SSSR count). The summed E-state index contributed by atoms with van der Waals surface area (Å²) in [6.45, 7) is 2.21. The van der Waals surface area contributed by atoms with E-state index in [9.17, 15) is 4.79 Å². The third kappa shape index (κ3) is 1.59. The van der Waals surface area contributed by atoms with Crippen LogP contribution < -0.4 is 0 Å². The zero-order chi connectivity index (χ0) is 15.6. The molecule has 2 aliphatic carbocycles. The molecule has 1 N–H and O–H groups in total. The van der Waals surface area contributed by atoms with E-state index in [0.717, 1.165) is 28.6 Å². The van der Waals surface area contributed by atoms with Crippen LogP contribution in [0.1, 0.15) is 31.0 Å². The number of allylic oxidation sites excluding steroid dienone is 1. The van der Waals surface area contributed by atoms with Crippen molar-refractivity contribution in [3.63, 3.8) is 0 Å². The standard InChI is InChI=1S/C18H15N3O2/c1-18-7-6-15(22)12(18)3-5-14-16(18)11-8-10(2-4-13(11)20-14)17-21-19-9-23-17/h2-5,8-9,12,20H,6-7H2,1H3. The molecule has 114 valence electrons. The van der Waals surface area contributed by atoms with Crippen molar-refractivity contribution in [2.24, 2.45) is 5.92 Å². The summed E-state index contributed by atoms with van der Waals surface area (Å²) in [7, 11) is 0. The Kier molecular flexibility index (Phi) is 2.33. The number of carbonyl (C=O) groups is 1. The van der Waals surface area contributed by atoms with Gasteiger partial charge in [-0.25, -0.2) is 0 Å². The molecule has 23 heavy (non-hydrogen) atoms. The van der Waals surface area contributed by atoms with Crippen molar-refractivity contribution in [1.29, 1.82) is 0 Å². The first kappa shape index (κ1) is 12.8. The monoisotopic (exact) mass is 305 g/mol. The average molecular weight is 305 g/mol. The molecule has 0 spiro atoms. The van der Waals surface area contributed by atoms with Crippen LogP contribution in [0.15, 0.2) is 35.1 Å². The summed E-state index contributed by atoms with van der Waals surface area (Å²) in [6.07, 6.45) is 7.00. The Morgan fingerprint density at radius 1 is 1.39 bits per heavy atom. The molecule has 1 saturated carbocycles. The van der Waals surface area contributed by atoms with Gasteiger partial charge in [0.1, 0.15) is 5.78 Å². The molecular weight excluding hydrogens is 290 g/mol. The summed E-state index contributed by atoms with van der Waals surface area (Å²) in [5.41, 5.74) is 4.19. The molecule has 5 heteroatoms.